The van der Waals surface area contributed by atoms with Crippen molar-refractivity contribution in [2.24, 2.45) is 0 Å². The first-order chi connectivity index (χ1) is 13.5. The first kappa shape index (κ1) is 19.7. The number of ether oxygens (including phenoxy) is 2. The van der Waals surface area contributed by atoms with Gasteiger partial charge in [-0.1, -0.05) is 24.3 Å². The molecule has 2 aromatic rings. The maximum absolute atomic E-state index is 13.2. The Morgan fingerprint density at radius 1 is 1.14 bits per heavy atom. The van der Waals surface area contributed by atoms with E-state index in [1.54, 1.807) is 38.1 Å². The minimum absolute atomic E-state index is 0.0815. The van der Waals surface area contributed by atoms with Crippen molar-refractivity contribution in [1.82, 2.24) is 10.4 Å². The molecule has 1 aromatic heterocycles. The highest BCUT2D eigenvalue weighted by molar-refractivity contribution is 7.09. The van der Waals surface area contributed by atoms with Crippen molar-refractivity contribution in [3.63, 3.8) is 0 Å². The Kier molecular flexibility index (Phi) is 5.84. The first-order valence-corrected chi connectivity index (χ1v) is 9.74. The fraction of sp³-hybridized carbons (Fsp3) is 0.316. The van der Waals surface area contributed by atoms with Crippen LogP contribution < -0.4 is 10.7 Å². The third-order valence-corrected chi connectivity index (χ3v) is 5.19. The molecule has 1 atom stereocenters. The monoisotopic (exact) mass is 403 g/mol. The summed E-state index contributed by atoms with van der Waals surface area (Å²) >= 11 is 1.45. The summed E-state index contributed by atoms with van der Waals surface area (Å²) in [4.78, 5) is 39.1. The van der Waals surface area contributed by atoms with Gasteiger partial charge in [0.25, 0.3) is 5.91 Å². The summed E-state index contributed by atoms with van der Waals surface area (Å²) in [6.07, 6.45) is -1.53. The lowest BCUT2D eigenvalue weighted by Crippen LogP contribution is -2.62. The molecule has 3 rings (SSSR count). The average molecular weight is 403 g/mol. The molecule has 1 unspecified atom stereocenters. The molecule has 0 fully saturated rings. The molecular weight excluding hydrogens is 382 g/mol. The Balaban J connectivity index is 2.13. The number of para-hydroxylation sites is 1. The molecule has 2 N–H and O–H groups in total. The van der Waals surface area contributed by atoms with E-state index in [9.17, 15) is 14.4 Å². The number of hydrogen-bond donors (Lipinski definition) is 2. The molecule has 0 radical (unpaired) electrons. The van der Waals surface area contributed by atoms with Gasteiger partial charge in [-0.25, -0.2) is 15.0 Å². The van der Waals surface area contributed by atoms with Gasteiger partial charge in [0.05, 0.1) is 13.2 Å². The van der Waals surface area contributed by atoms with Gasteiger partial charge in [0.2, 0.25) is 0 Å². The van der Waals surface area contributed by atoms with Crippen LogP contribution in [0.15, 0.2) is 41.8 Å². The maximum Gasteiger partial charge on any atom is 0.430 e. The van der Waals surface area contributed by atoms with E-state index < -0.39 is 23.6 Å². The number of carbonyl (C=O) groups is 3. The Morgan fingerprint density at radius 3 is 2.57 bits per heavy atom. The van der Waals surface area contributed by atoms with Gasteiger partial charge < -0.3 is 14.8 Å². The number of amides is 3. The average Bonchev–Trinajstić information content (AvgIpc) is 3.27. The number of benzene rings is 1. The summed E-state index contributed by atoms with van der Waals surface area (Å²) in [6.45, 7) is 3.49. The van der Waals surface area contributed by atoms with Gasteiger partial charge in [0.15, 0.2) is 5.54 Å². The Hall–Kier alpha value is -3.07. The molecule has 0 aliphatic carbocycles. The predicted molar refractivity (Wildman–Crippen MR) is 104 cm³/mol. The second-order valence-electron chi connectivity index (χ2n) is 5.98. The minimum atomic E-state index is -1.51. The zero-order valence-electron chi connectivity index (χ0n) is 15.6. The number of thiophene rings is 1. The van der Waals surface area contributed by atoms with Crippen molar-refractivity contribution < 1.29 is 23.9 Å². The molecule has 9 heteroatoms. The van der Waals surface area contributed by atoms with Crippen molar-refractivity contribution in [3.05, 3.63) is 52.2 Å². The molecule has 2 heterocycles. The molecule has 1 aliphatic heterocycles. The molecule has 8 nitrogen and oxygen atoms in total. The lowest BCUT2D eigenvalue weighted by molar-refractivity contribution is -0.128. The summed E-state index contributed by atoms with van der Waals surface area (Å²) in [5, 5.41) is 5.63. The van der Waals surface area contributed by atoms with E-state index in [4.69, 9.17) is 9.47 Å². The van der Waals surface area contributed by atoms with Crippen LogP contribution in [0.1, 0.15) is 24.3 Å². The number of anilines is 1. The number of fused-ring (bicyclic) bond motifs is 1. The third kappa shape index (κ3) is 3.53. The van der Waals surface area contributed by atoms with E-state index in [1.165, 1.54) is 11.3 Å². The van der Waals surface area contributed by atoms with Gasteiger partial charge in [-0.15, -0.1) is 11.3 Å². The number of carbonyl (C=O) groups excluding carboxylic acids is 3. The smallest absolute Gasteiger partial charge is 0.430 e. The van der Waals surface area contributed by atoms with Gasteiger partial charge >= 0.3 is 12.2 Å². The molecule has 0 saturated heterocycles. The Labute approximate surface area is 166 Å². The van der Waals surface area contributed by atoms with E-state index in [-0.39, 0.29) is 19.6 Å². The van der Waals surface area contributed by atoms with Gasteiger partial charge in [-0.3, -0.25) is 4.79 Å². The second kappa shape index (κ2) is 8.30. The molecule has 0 bridgehead atoms. The van der Waals surface area contributed by atoms with Crippen molar-refractivity contribution in [2.75, 3.05) is 18.5 Å². The summed E-state index contributed by atoms with van der Waals surface area (Å²) in [7, 11) is 0. The van der Waals surface area contributed by atoms with E-state index in [0.717, 1.165) is 9.89 Å². The number of hydrogen-bond acceptors (Lipinski definition) is 6. The predicted octanol–water partition coefficient (Wildman–Crippen LogP) is 3.26. The lowest BCUT2D eigenvalue weighted by atomic mass is 9.86. The standard InChI is InChI=1S/C19H21N3O5S/c1-3-26-17(24)21-22(18(25)27-4-2)19(12-13-8-7-11-28-13)14-9-5-6-10-15(14)20-16(19)23/h5-11H,3-4,12H2,1-2H3,(H,20,23)(H,21,24). The van der Waals surface area contributed by atoms with Gasteiger partial charge in [-0.2, -0.15) is 5.01 Å². The van der Waals surface area contributed by atoms with Crippen molar-refractivity contribution in [1.29, 1.82) is 0 Å². The number of hydrazine groups is 1. The molecule has 1 aliphatic rings. The van der Waals surface area contributed by atoms with Crippen LogP contribution in [-0.2, 0) is 26.2 Å². The van der Waals surface area contributed by atoms with Crippen LogP contribution in [0, 0.1) is 0 Å². The van der Waals surface area contributed by atoms with Crippen LogP contribution >= 0.6 is 11.3 Å². The van der Waals surface area contributed by atoms with Crippen LogP contribution in [0.3, 0.4) is 0 Å². The molecule has 28 heavy (non-hydrogen) atoms. The topological polar surface area (TPSA) is 97.0 Å². The van der Waals surface area contributed by atoms with Crippen molar-refractivity contribution in [2.45, 2.75) is 25.8 Å². The Bertz CT molecular complexity index is 870. The van der Waals surface area contributed by atoms with Gasteiger partial charge in [0.1, 0.15) is 0 Å². The largest absolute Gasteiger partial charge is 0.449 e. The van der Waals surface area contributed by atoms with Crippen molar-refractivity contribution in [3.8, 4) is 0 Å². The normalized spacial score (nSPS) is 17.4. The zero-order valence-corrected chi connectivity index (χ0v) is 16.4. The highest BCUT2D eigenvalue weighted by Gasteiger charge is 2.55. The molecule has 0 saturated carbocycles. The van der Waals surface area contributed by atoms with E-state index in [2.05, 4.69) is 10.7 Å². The molecule has 0 spiro atoms. The fourth-order valence-electron chi connectivity index (χ4n) is 3.18. The number of nitrogens with one attached hydrogen (secondary N) is 2. The van der Waals surface area contributed by atoms with E-state index in [0.29, 0.717) is 11.3 Å². The number of rotatable bonds is 5. The van der Waals surface area contributed by atoms with Gasteiger partial charge in [-0.05, 0) is 31.4 Å². The van der Waals surface area contributed by atoms with Crippen molar-refractivity contribution >= 4 is 35.1 Å². The van der Waals surface area contributed by atoms with Crippen LogP contribution in [0.2, 0.25) is 0 Å². The zero-order chi connectivity index (χ0) is 20.1. The fourth-order valence-corrected chi connectivity index (χ4v) is 3.96. The molecule has 3 amide bonds. The Morgan fingerprint density at radius 2 is 1.89 bits per heavy atom. The number of nitrogens with zero attached hydrogens (tertiary/aromatic N) is 1. The third-order valence-electron chi connectivity index (χ3n) is 4.32. The molecule has 1 aromatic carbocycles. The highest BCUT2D eigenvalue weighted by Crippen LogP contribution is 2.43. The van der Waals surface area contributed by atoms with Crippen LogP contribution in [0.4, 0.5) is 15.3 Å². The quantitative estimate of drug-likeness (QED) is 0.747. The first-order valence-electron chi connectivity index (χ1n) is 8.86. The summed E-state index contributed by atoms with van der Waals surface area (Å²) in [6, 6.07) is 10.8. The summed E-state index contributed by atoms with van der Waals surface area (Å²) < 4.78 is 10.1. The second-order valence-corrected chi connectivity index (χ2v) is 7.01. The van der Waals surface area contributed by atoms with Crippen LogP contribution in [0.5, 0.6) is 0 Å². The molecular formula is C19H21N3O5S. The molecule has 148 valence electrons. The van der Waals surface area contributed by atoms with E-state index in [1.807, 2.05) is 17.5 Å². The van der Waals surface area contributed by atoms with Gasteiger partial charge in [0, 0.05) is 22.5 Å². The maximum atomic E-state index is 13.2. The SMILES string of the molecule is CCOC(=O)NN(C(=O)OCC)C1(Cc2cccs2)C(=O)Nc2ccccc21. The van der Waals surface area contributed by atoms with E-state index >= 15 is 0 Å². The highest BCUT2D eigenvalue weighted by atomic mass is 32.1. The van der Waals surface area contributed by atoms with Crippen LogP contribution in [0.25, 0.3) is 0 Å². The van der Waals surface area contributed by atoms with Crippen LogP contribution in [-0.4, -0.2) is 36.3 Å². The lowest BCUT2D eigenvalue weighted by Gasteiger charge is -2.37. The summed E-state index contributed by atoms with van der Waals surface area (Å²) in [5.74, 6) is -0.438. The minimum Gasteiger partial charge on any atom is -0.449 e. The summed E-state index contributed by atoms with van der Waals surface area (Å²) in [5.41, 5.74) is 2.04.